The fourth-order valence-electron chi connectivity index (χ4n) is 4.34. The molecule has 7 nitrogen and oxygen atoms in total. The highest BCUT2D eigenvalue weighted by atomic mass is 16.3. The summed E-state index contributed by atoms with van der Waals surface area (Å²) in [5.74, 6) is 1.08. The smallest absolute Gasteiger partial charge is 0.256 e. The van der Waals surface area contributed by atoms with Gasteiger partial charge < -0.3 is 20.0 Å². The van der Waals surface area contributed by atoms with Crippen LogP contribution in [-0.2, 0) is 4.79 Å². The van der Waals surface area contributed by atoms with E-state index in [1.165, 1.54) is 0 Å². The van der Waals surface area contributed by atoms with Gasteiger partial charge in [-0.15, -0.1) is 0 Å². The highest BCUT2D eigenvalue weighted by molar-refractivity contribution is 5.92. The van der Waals surface area contributed by atoms with E-state index in [1.54, 1.807) is 35.2 Å². The fourth-order valence-corrected chi connectivity index (χ4v) is 4.34. The quantitative estimate of drug-likeness (QED) is 0.489. The molecule has 7 heteroatoms. The molecule has 0 unspecified atom stereocenters. The molecule has 4 aromatic rings. The van der Waals surface area contributed by atoms with Gasteiger partial charge in [-0.1, -0.05) is 48.5 Å². The van der Waals surface area contributed by atoms with Gasteiger partial charge in [0.05, 0.1) is 11.1 Å². The molecule has 1 atom stereocenters. The molecule has 1 fully saturated rings. The maximum Gasteiger partial charge on any atom is 0.256 e. The maximum atomic E-state index is 12.9. The summed E-state index contributed by atoms with van der Waals surface area (Å²) in [5, 5.41) is 21.8. The molecule has 172 valence electrons. The highest BCUT2D eigenvalue weighted by Gasteiger charge is 2.28. The third kappa shape index (κ3) is 4.18. The third-order valence-corrected chi connectivity index (χ3v) is 6.22. The number of aromatic hydroxyl groups is 1. The maximum absolute atomic E-state index is 12.9. The predicted octanol–water partition coefficient (Wildman–Crippen LogP) is 3.69. The van der Waals surface area contributed by atoms with E-state index in [0.717, 1.165) is 22.3 Å². The Morgan fingerprint density at radius 1 is 0.912 bits per heavy atom. The Labute approximate surface area is 197 Å². The van der Waals surface area contributed by atoms with Gasteiger partial charge in [-0.2, -0.15) is 0 Å². The lowest BCUT2D eigenvalue weighted by atomic mass is 10.1. The van der Waals surface area contributed by atoms with Crippen LogP contribution in [0.15, 0.2) is 72.8 Å². The number of aliphatic hydroxyl groups is 1. The number of carbonyl (C=O) groups is 1. The largest absolute Gasteiger partial charge is 0.507 e. The Kier molecular flexibility index (Phi) is 5.86. The second-order valence-electron chi connectivity index (χ2n) is 8.53. The molecule has 0 bridgehead atoms. The molecule has 0 radical (unpaired) electrons. The Morgan fingerprint density at radius 2 is 1.62 bits per heavy atom. The normalized spacial score (nSPS) is 14.9. The van der Waals surface area contributed by atoms with Gasteiger partial charge in [-0.25, -0.2) is 9.97 Å². The number of benzene rings is 3. The van der Waals surface area contributed by atoms with Gasteiger partial charge >= 0.3 is 0 Å². The number of phenolic OH excluding ortho intramolecular Hbond substituents is 1. The first-order valence-corrected chi connectivity index (χ1v) is 11.3. The lowest BCUT2D eigenvalue weighted by molar-refractivity contribution is -0.140. The number of anilines is 1. The first-order valence-electron chi connectivity index (χ1n) is 11.3. The molecule has 0 aliphatic carbocycles. The number of hydrogen-bond donors (Lipinski definition) is 2. The molecule has 3 aromatic carbocycles. The van der Waals surface area contributed by atoms with Crippen molar-refractivity contribution in [3.8, 4) is 17.1 Å². The Bertz CT molecular complexity index is 1330. The zero-order valence-corrected chi connectivity index (χ0v) is 18.9. The van der Waals surface area contributed by atoms with Crippen LogP contribution in [0.2, 0.25) is 0 Å². The van der Waals surface area contributed by atoms with Gasteiger partial charge in [0.15, 0.2) is 11.9 Å². The van der Waals surface area contributed by atoms with E-state index in [1.807, 2.05) is 49.4 Å². The molecule has 1 aliphatic heterocycles. The summed E-state index contributed by atoms with van der Waals surface area (Å²) in [6, 6.07) is 22.1. The van der Waals surface area contributed by atoms with Crippen molar-refractivity contribution in [3.05, 3.63) is 83.9 Å². The number of rotatable bonds is 4. The molecule has 1 amide bonds. The van der Waals surface area contributed by atoms with Crippen molar-refractivity contribution in [1.82, 2.24) is 14.9 Å². The van der Waals surface area contributed by atoms with E-state index in [9.17, 15) is 15.0 Å². The van der Waals surface area contributed by atoms with Crippen LogP contribution in [0, 0.1) is 6.92 Å². The van der Waals surface area contributed by atoms with Gasteiger partial charge in [0.25, 0.3) is 5.91 Å². The van der Waals surface area contributed by atoms with Crippen molar-refractivity contribution in [2.75, 3.05) is 31.1 Å². The summed E-state index contributed by atoms with van der Waals surface area (Å²) in [6.45, 7) is 4.13. The average molecular weight is 455 g/mol. The van der Waals surface area contributed by atoms with Crippen LogP contribution in [0.4, 0.5) is 5.82 Å². The van der Waals surface area contributed by atoms with E-state index in [4.69, 9.17) is 9.97 Å². The number of carbonyl (C=O) groups excluding carboxylic acids is 1. The lowest BCUT2D eigenvalue weighted by Gasteiger charge is -2.36. The van der Waals surface area contributed by atoms with E-state index >= 15 is 0 Å². The van der Waals surface area contributed by atoms with Crippen LogP contribution < -0.4 is 4.90 Å². The number of piperazine rings is 1. The Balaban J connectivity index is 1.42. The fraction of sp³-hybridized carbons (Fsp3) is 0.222. The number of nitrogens with zero attached hydrogens (tertiary/aromatic N) is 4. The van der Waals surface area contributed by atoms with E-state index in [0.29, 0.717) is 43.1 Å². The van der Waals surface area contributed by atoms with Crippen molar-refractivity contribution >= 4 is 22.6 Å². The standard InChI is InChI=1S/C27H26N4O3/c1-18-11-12-20-22(17-18)28-25(21-9-5-6-10-23(21)32)29-26(20)30-13-15-31(16-14-30)27(34)24(33)19-7-3-2-4-8-19/h2-12,17,24,32-33H,13-16H2,1H3/t24-/m0/s1. The van der Waals surface area contributed by atoms with Gasteiger partial charge in [0.1, 0.15) is 11.6 Å². The molecule has 5 rings (SSSR count). The van der Waals surface area contributed by atoms with Gasteiger partial charge in [0.2, 0.25) is 0 Å². The number of para-hydroxylation sites is 1. The number of aromatic nitrogens is 2. The van der Waals surface area contributed by atoms with Crippen molar-refractivity contribution in [3.63, 3.8) is 0 Å². The molecule has 2 N–H and O–H groups in total. The first kappa shape index (κ1) is 21.9. The molecular weight excluding hydrogens is 428 g/mol. The number of aliphatic hydroxyl groups excluding tert-OH is 1. The number of amides is 1. The van der Waals surface area contributed by atoms with Crippen molar-refractivity contribution in [2.45, 2.75) is 13.0 Å². The lowest BCUT2D eigenvalue weighted by Crippen LogP contribution is -2.50. The first-order chi connectivity index (χ1) is 16.5. The number of phenols is 1. The van der Waals surface area contributed by atoms with E-state index in [2.05, 4.69) is 4.90 Å². The molecule has 2 heterocycles. The molecule has 34 heavy (non-hydrogen) atoms. The monoisotopic (exact) mass is 454 g/mol. The summed E-state index contributed by atoms with van der Waals surface area (Å²) >= 11 is 0. The SMILES string of the molecule is Cc1ccc2c(N3CCN(C(=O)[C@@H](O)c4ccccc4)CC3)nc(-c3ccccc3O)nc2c1. The van der Waals surface area contributed by atoms with Gasteiger partial charge in [-0.3, -0.25) is 4.79 Å². The minimum atomic E-state index is -1.16. The van der Waals surface area contributed by atoms with Crippen LogP contribution in [0.3, 0.4) is 0 Å². The van der Waals surface area contributed by atoms with Crippen molar-refractivity contribution in [2.24, 2.45) is 0 Å². The average Bonchev–Trinajstić information content (AvgIpc) is 2.88. The minimum Gasteiger partial charge on any atom is -0.507 e. The van der Waals surface area contributed by atoms with Crippen molar-refractivity contribution < 1.29 is 15.0 Å². The molecule has 1 saturated heterocycles. The highest BCUT2D eigenvalue weighted by Crippen LogP contribution is 2.32. The number of aryl methyl sites for hydroxylation is 1. The van der Waals surface area contributed by atoms with Crippen LogP contribution in [-0.4, -0.2) is 57.2 Å². The summed E-state index contributed by atoms with van der Waals surface area (Å²) < 4.78 is 0. The second kappa shape index (κ2) is 9.11. The summed E-state index contributed by atoms with van der Waals surface area (Å²) in [6.07, 6.45) is -1.16. The zero-order chi connectivity index (χ0) is 23.7. The van der Waals surface area contributed by atoms with Crippen molar-refractivity contribution in [1.29, 1.82) is 0 Å². The van der Waals surface area contributed by atoms with Crippen LogP contribution in [0.25, 0.3) is 22.3 Å². The molecular formula is C27H26N4O3. The van der Waals surface area contributed by atoms with E-state index < -0.39 is 6.10 Å². The number of fused-ring (bicyclic) bond motifs is 1. The molecule has 0 saturated carbocycles. The van der Waals surface area contributed by atoms with Crippen LogP contribution in [0.1, 0.15) is 17.2 Å². The number of hydrogen-bond acceptors (Lipinski definition) is 6. The van der Waals surface area contributed by atoms with Crippen LogP contribution >= 0.6 is 0 Å². The summed E-state index contributed by atoms with van der Waals surface area (Å²) in [7, 11) is 0. The molecule has 1 aliphatic rings. The predicted molar refractivity (Wildman–Crippen MR) is 132 cm³/mol. The molecule has 1 aromatic heterocycles. The van der Waals surface area contributed by atoms with E-state index in [-0.39, 0.29) is 11.7 Å². The molecule has 0 spiro atoms. The second-order valence-corrected chi connectivity index (χ2v) is 8.53. The Morgan fingerprint density at radius 3 is 2.35 bits per heavy atom. The minimum absolute atomic E-state index is 0.130. The van der Waals surface area contributed by atoms with Gasteiger partial charge in [-0.05, 0) is 42.3 Å². The third-order valence-electron chi connectivity index (χ3n) is 6.22. The summed E-state index contributed by atoms with van der Waals surface area (Å²) in [5.41, 5.74) is 3.07. The van der Waals surface area contributed by atoms with Crippen LogP contribution in [0.5, 0.6) is 5.75 Å². The van der Waals surface area contributed by atoms with Gasteiger partial charge in [0, 0.05) is 31.6 Å². The topological polar surface area (TPSA) is 89.8 Å². The Hall–Kier alpha value is -3.97. The zero-order valence-electron chi connectivity index (χ0n) is 18.9. The summed E-state index contributed by atoms with van der Waals surface area (Å²) in [4.78, 5) is 26.3.